The van der Waals surface area contributed by atoms with Crippen LogP contribution in [-0.4, -0.2) is 90.5 Å². The minimum absolute atomic E-state index is 0.114. The summed E-state index contributed by atoms with van der Waals surface area (Å²) in [4.78, 5) is 63.6. The monoisotopic (exact) mass is 674 g/mol. The molecule has 13 heteroatoms. The summed E-state index contributed by atoms with van der Waals surface area (Å²) in [5.41, 5.74) is -6.13. The highest BCUT2D eigenvalue weighted by atomic mass is 16.8. The van der Waals surface area contributed by atoms with Gasteiger partial charge in [-0.2, -0.15) is 0 Å². The summed E-state index contributed by atoms with van der Waals surface area (Å²) in [6.07, 6.45) is -3.70. The quantitative estimate of drug-likeness (QED) is 0.0913. The predicted molar refractivity (Wildman–Crippen MR) is 169 cm³/mol. The van der Waals surface area contributed by atoms with E-state index in [2.05, 4.69) is 6.58 Å². The van der Waals surface area contributed by atoms with Crippen molar-refractivity contribution in [2.45, 2.75) is 102 Å². The molecule has 0 saturated carbocycles. The van der Waals surface area contributed by atoms with E-state index < -0.39 is 71.5 Å². The standard InChI is InChI=1S/C35H46O13/c1-7-19(2)17-20(3)13-14-25(37)46-28-27(38)33(47-29(30(39)40)34(45,31(41)42)35(28,48-33)32(43)44)16-15-21(4)26(23(6)36)22(5)18-24-11-9-8-10-12-24/h8-14,19-20,22,26-29,38,45H,4,7,15-18H2,1-3,5-6H3,(H,39,40)(H,41,42)(H,43,44)/b14-13+/t19-,20+,22+,26+,27+,28+,29+,33-,34+,35-/m0/s1. The maximum Gasteiger partial charge on any atom is 0.344 e. The fraction of sp³-hybridized carbons (Fsp3) is 0.571. The molecule has 3 rings (SSSR count). The van der Waals surface area contributed by atoms with Gasteiger partial charge in [0.2, 0.25) is 23.1 Å². The molecule has 264 valence electrons. The van der Waals surface area contributed by atoms with Crippen LogP contribution in [0, 0.1) is 23.7 Å². The number of hydrogen-bond donors (Lipinski definition) is 5. The summed E-state index contributed by atoms with van der Waals surface area (Å²) in [6, 6.07) is 9.37. The first-order chi connectivity index (χ1) is 22.4. The fourth-order valence-corrected chi connectivity index (χ4v) is 6.92. The average Bonchev–Trinajstić information content (AvgIpc) is 3.22. The van der Waals surface area contributed by atoms with Gasteiger partial charge in [0.15, 0.2) is 6.10 Å². The fourth-order valence-electron chi connectivity index (χ4n) is 6.92. The zero-order chi connectivity index (χ0) is 36.2. The number of carbonyl (C=O) groups is 5. The number of ether oxygens (including phenoxy) is 3. The Morgan fingerprint density at radius 1 is 1.04 bits per heavy atom. The Hall–Kier alpha value is -3.91. The number of aliphatic carboxylic acids is 3. The summed E-state index contributed by atoms with van der Waals surface area (Å²) in [7, 11) is 0. The van der Waals surface area contributed by atoms with Crippen molar-refractivity contribution in [3.8, 4) is 0 Å². The van der Waals surface area contributed by atoms with E-state index in [-0.39, 0.29) is 24.0 Å². The van der Waals surface area contributed by atoms with Crippen LogP contribution in [0.2, 0.25) is 0 Å². The molecule has 0 spiro atoms. The van der Waals surface area contributed by atoms with Gasteiger partial charge in [-0.15, -0.1) is 0 Å². The molecule has 48 heavy (non-hydrogen) atoms. The molecule has 1 aromatic carbocycles. The van der Waals surface area contributed by atoms with Crippen molar-refractivity contribution in [1.82, 2.24) is 0 Å². The summed E-state index contributed by atoms with van der Waals surface area (Å²) in [5, 5.41) is 53.5. The van der Waals surface area contributed by atoms with Crippen LogP contribution < -0.4 is 0 Å². The summed E-state index contributed by atoms with van der Waals surface area (Å²) >= 11 is 0. The number of Topliss-reactive ketones (excluding diaryl/α,β-unsaturated/α-hetero) is 1. The van der Waals surface area contributed by atoms with Crippen molar-refractivity contribution in [2.75, 3.05) is 0 Å². The smallest absolute Gasteiger partial charge is 0.344 e. The number of fused-ring (bicyclic) bond motifs is 2. The average molecular weight is 675 g/mol. The largest absolute Gasteiger partial charge is 0.479 e. The molecule has 5 N–H and O–H groups in total. The van der Waals surface area contributed by atoms with Gasteiger partial charge in [0.25, 0.3) is 0 Å². The zero-order valence-electron chi connectivity index (χ0n) is 27.8. The van der Waals surface area contributed by atoms with E-state index in [1.807, 2.05) is 58.0 Å². The molecule has 0 amide bonds. The lowest BCUT2D eigenvalue weighted by atomic mass is 9.74. The van der Waals surface area contributed by atoms with Crippen molar-refractivity contribution < 1.29 is 63.7 Å². The van der Waals surface area contributed by atoms with Gasteiger partial charge in [-0.25, -0.2) is 19.2 Å². The van der Waals surface area contributed by atoms with Crippen LogP contribution in [0.4, 0.5) is 0 Å². The molecule has 2 heterocycles. The molecule has 13 nitrogen and oxygen atoms in total. The second-order valence-corrected chi connectivity index (χ2v) is 13.2. The van der Waals surface area contributed by atoms with Crippen LogP contribution >= 0.6 is 0 Å². The minimum Gasteiger partial charge on any atom is -0.479 e. The first-order valence-electron chi connectivity index (χ1n) is 16.0. The maximum atomic E-state index is 13.0. The number of carboxylic acid groups (broad SMARTS) is 3. The van der Waals surface area contributed by atoms with E-state index in [1.165, 1.54) is 13.0 Å². The molecule has 0 aromatic heterocycles. The van der Waals surface area contributed by atoms with Gasteiger partial charge >= 0.3 is 23.9 Å². The second kappa shape index (κ2) is 15.1. The predicted octanol–water partition coefficient (Wildman–Crippen LogP) is 3.16. The lowest BCUT2D eigenvalue weighted by Crippen LogP contribution is -2.78. The van der Waals surface area contributed by atoms with E-state index in [4.69, 9.17) is 14.2 Å². The van der Waals surface area contributed by atoms with Gasteiger partial charge in [0.05, 0.1) is 0 Å². The Morgan fingerprint density at radius 2 is 1.67 bits per heavy atom. The zero-order valence-corrected chi connectivity index (χ0v) is 27.8. The topological polar surface area (TPSA) is 214 Å². The molecule has 1 aromatic rings. The third kappa shape index (κ3) is 7.24. The van der Waals surface area contributed by atoms with Crippen LogP contribution in [0.1, 0.15) is 65.9 Å². The van der Waals surface area contributed by atoms with E-state index >= 15 is 0 Å². The molecular weight excluding hydrogens is 628 g/mol. The van der Waals surface area contributed by atoms with Crippen molar-refractivity contribution in [3.63, 3.8) is 0 Å². The number of rotatable bonds is 17. The summed E-state index contributed by atoms with van der Waals surface area (Å²) < 4.78 is 16.5. The van der Waals surface area contributed by atoms with E-state index in [0.29, 0.717) is 24.3 Å². The third-order valence-corrected chi connectivity index (χ3v) is 9.52. The van der Waals surface area contributed by atoms with E-state index in [9.17, 15) is 49.5 Å². The Labute approximate surface area is 279 Å². The Morgan fingerprint density at radius 3 is 2.19 bits per heavy atom. The van der Waals surface area contributed by atoms with Crippen LogP contribution in [0.3, 0.4) is 0 Å². The Balaban J connectivity index is 2.01. The van der Waals surface area contributed by atoms with Gasteiger partial charge in [0.1, 0.15) is 11.9 Å². The molecule has 2 saturated heterocycles. The molecule has 0 radical (unpaired) electrons. The number of allylic oxidation sites excluding steroid dienone is 2. The van der Waals surface area contributed by atoms with E-state index in [1.54, 1.807) is 0 Å². The lowest BCUT2D eigenvalue weighted by Gasteiger charge is -2.48. The van der Waals surface area contributed by atoms with Gasteiger partial charge < -0.3 is 39.7 Å². The number of hydrogen-bond acceptors (Lipinski definition) is 10. The first kappa shape index (κ1) is 38.5. The Bertz CT molecular complexity index is 1420. The first-order valence-corrected chi connectivity index (χ1v) is 16.0. The highest BCUT2D eigenvalue weighted by molar-refractivity contribution is 5.98. The number of aliphatic hydroxyl groups is 2. The van der Waals surface area contributed by atoms with Crippen LogP contribution in [0.5, 0.6) is 0 Å². The summed E-state index contributed by atoms with van der Waals surface area (Å²) in [5.74, 6) is -11.5. The van der Waals surface area contributed by atoms with Gasteiger partial charge in [-0.1, -0.05) is 82.7 Å². The van der Waals surface area contributed by atoms with Crippen molar-refractivity contribution in [2.24, 2.45) is 23.7 Å². The normalized spacial score (nSPS) is 30.6. The Kier molecular flexibility index (Phi) is 12.1. The SMILES string of the molecule is C=C(CC[C@]12O[C@H](C(=O)O)[C@@](O)(C(=O)O)[C@](C(=O)O)(O1)[C@H](OC(=O)/C=C/[C@@H](C)C[C@@H](C)CC)[C@H]2O)[C@@H](C(C)=O)[C@H](C)Cc1ccccc1. The molecule has 0 unspecified atom stereocenters. The van der Waals surface area contributed by atoms with Crippen molar-refractivity contribution in [1.29, 1.82) is 0 Å². The molecule has 10 atom stereocenters. The van der Waals surface area contributed by atoms with Crippen molar-refractivity contribution in [3.05, 3.63) is 60.2 Å². The third-order valence-electron chi connectivity index (χ3n) is 9.52. The van der Waals surface area contributed by atoms with Gasteiger partial charge in [-0.05, 0) is 49.5 Å². The minimum atomic E-state index is -3.88. The maximum absolute atomic E-state index is 13.0. The van der Waals surface area contributed by atoms with Crippen LogP contribution in [-0.2, 0) is 44.6 Å². The summed E-state index contributed by atoms with van der Waals surface area (Å²) in [6.45, 7) is 13.1. The molecular formula is C35H46O13. The van der Waals surface area contributed by atoms with Gasteiger partial charge in [-0.3, -0.25) is 4.79 Å². The second-order valence-electron chi connectivity index (χ2n) is 13.2. The number of benzene rings is 1. The van der Waals surface area contributed by atoms with Crippen molar-refractivity contribution >= 4 is 29.7 Å². The molecule has 0 aliphatic carbocycles. The number of carboxylic acids is 3. The van der Waals surface area contributed by atoms with Crippen LogP contribution in [0.15, 0.2) is 54.6 Å². The molecule has 2 fully saturated rings. The van der Waals surface area contributed by atoms with Crippen LogP contribution in [0.25, 0.3) is 0 Å². The number of aliphatic hydroxyl groups excluding tert-OH is 1. The number of esters is 1. The number of ketones is 1. The highest BCUT2D eigenvalue weighted by Gasteiger charge is 2.85. The molecule has 2 aliphatic heterocycles. The number of carbonyl (C=O) groups excluding carboxylic acids is 2. The molecule has 2 bridgehead atoms. The van der Waals surface area contributed by atoms with Gasteiger partial charge in [0, 0.05) is 18.4 Å². The van der Waals surface area contributed by atoms with E-state index in [0.717, 1.165) is 18.1 Å². The molecule has 2 aliphatic rings. The highest BCUT2D eigenvalue weighted by Crippen LogP contribution is 2.56. The lowest BCUT2D eigenvalue weighted by molar-refractivity contribution is -0.374.